The fourth-order valence-corrected chi connectivity index (χ4v) is 2.35. The smallest absolute Gasteiger partial charge is 0.144 e. The van der Waals surface area contributed by atoms with Gasteiger partial charge in [0.15, 0.2) is 0 Å². The summed E-state index contributed by atoms with van der Waals surface area (Å²) >= 11 is 0. The van der Waals surface area contributed by atoms with E-state index in [4.69, 9.17) is 9.47 Å². The minimum Gasteiger partial charge on any atom is -0.497 e. The molecule has 2 aromatic carbocycles. The highest BCUT2D eigenvalue weighted by Gasteiger charge is 2.10. The van der Waals surface area contributed by atoms with Crippen molar-refractivity contribution in [2.75, 3.05) is 14.2 Å². The van der Waals surface area contributed by atoms with Crippen LogP contribution >= 0.6 is 0 Å². The first-order valence-corrected chi connectivity index (χ1v) is 8.54. The normalized spacial score (nSPS) is 10.8. The summed E-state index contributed by atoms with van der Waals surface area (Å²) in [5.74, 6) is 13.7. The quantitative estimate of drug-likeness (QED) is 0.568. The van der Waals surface area contributed by atoms with Crippen molar-refractivity contribution in [2.24, 2.45) is 0 Å². The van der Waals surface area contributed by atoms with E-state index in [1.54, 1.807) is 14.2 Å². The monoisotopic (exact) mass is 332 g/mol. The first-order chi connectivity index (χ1) is 12.3. The molecule has 0 aromatic heterocycles. The molecule has 25 heavy (non-hydrogen) atoms. The Morgan fingerprint density at radius 2 is 1.72 bits per heavy atom. The summed E-state index contributed by atoms with van der Waals surface area (Å²) in [4.78, 5) is 0. The molecule has 2 nitrogen and oxygen atoms in total. The molecule has 0 aliphatic rings. The first kappa shape index (κ1) is 18.7. The van der Waals surface area contributed by atoms with E-state index in [0.717, 1.165) is 41.7 Å². The third-order valence-corrected chi connectivity index (χ3v) is 3.79. The Morgan fingerprint density at radius 1 is 0.960 bits per heavy atom. The van der Waals surface area contributed by atoms with Crippen LogP contribution in [0.1, 0.15) is 49.0 Å². The van der Waals surface area contributed by atoms with E-state index in [1.807, 2.05) is 48.5 Å². The molecule has 0 aliphatic heterocycles. The lowest BCUT2D eigenvalue weighted by Gasteiger charge is -2.11. The summed E-state index contributed by atoms with van der Waals surface area (Å²) in [6, 6.07) is 15.7. The molecule has 2 heteroatoms. The van der Waals surface area contributed by atoms with E-state index >= 15 is 0 Å². The minimum absolute atomic E-state index is 0.307. The topological polar surface area (TPSA) is 18.5 Å². The third kappa shape index (κ3) is 5.71. The van der Waals surface area contributed by atoms with Gasteiger partial charge in [-0.1, -0.05) is 55.2 Å². The lowest BCUT2D eigenvalue weighted by molar-refractivity contribution is 0.150. The van der Waals surface area contributed by atoms with Crippen molar-refractivity contribution in [3.8, 4) is 29.4 Å². The van der Waals surface area contributed by atoms with Gasteiger partial charge in [0.1, 0.15) is 11.9 Å². The average Bonchev–Trinajstić information content (AvgIpc) is 2.67. The number of hydrogen-bond donors (Lipinski definition) is 0. The van der Waals surface area contributed by atoms with E-state index in [1.165, 1.54) is 0 Å². The number of unbranched alkanes of at least 4 members (excludes halogenated alkanes) is 2. The summed E-state index contributed by atoms with van der Waals surface area (Å²) in [6.45, 7) is 2.17. The largest absolute Gasteiger partial charge is 0.497 e. The Kier molecular flexibility index (Phi) is 7.64. The summed E-state index contributed by atoms with van der Waals surface area (Å²) in [5, 5.41) is 0. The standard InChI is InChI=1S/C23H24O2/c1-4-5-6-7-10-20-11-8-9-12-22(20)23(25-3)18-15-19-13-16-21(24-2)17-14-19/h8-9,11-14,16-17,23H,4-6H2,1-3H3. The zero-order valence-corrected chi connectivity index (χ0v) is 15.1. The van der Waals surface area contributed by atoms with E-state index < -0.39 is 0 Å². The van der Waals surface area contributed by atoms with Crippen molar-refractivity contribution in [1.82, 2.24) is 0 Å². The molecule has 0 heterocycles. The lowest BCUT2D eigenvalue weighted by Crippen LogP contribution is -2.01. The summed E-state index contributed by atoms with van der Waals surface area (Å²) in [7, 11) is 3.33. The summed E-state index contributed by atoms with van der Waals surface area (Å²) in [5.41, 5.74) is 2.92. The molecule has 0 N–H and O–H groups in total. The van der Waals surface area contributed by atoms with Gasteiger partial charge in [-0.15, -0.1) is 0 Å². The molecular weight excluding hydrogens is 308 g/mol. The fraction of sp³-hybridized carbons (Fsp3) is 0.304. The zero-order chi connectivity index (χ0) is 17.9. The van der Waals surface area contributed by atoms with Crippen molar-refractivity contribution in [3.63, 3.8) is 0 Å². The predicted molar refractivity (Wildman–Crippen MR) is 102 cm³/mol. The Hall–Kier alpha value is -2.68. The molecule has 0 amide bonds. The average molecular weight is 332 g/mol. The van der Waals surface area contributed by atoms with Gasteiger partial charge in [0.05, 0.1) is 7.11 Å². The first-order valence-electron chi connectivity index (χ1n) is 8.54. The van der Waals surface area contributed by atoms with Gasteiger partial charge in [-0.05, 0) is 36.8 Å². The Labute approximate surface area is 151 Å². The Morgan fingerprint density at radius 3 is 2.40 bits per heavy atom. The van der Waals surface area contributed by atoms with Gasteiger partial charge < -0.3 is 9.47 Å². The van der Waals surface area contributed by atoms with Crippen molar-refractivity contribution in [1.29, 1.82) is 0 Å². The maximum atomic E-state index is 5.61. The number of benzene rings is 2. The molecule has 0 spiro atoms. The fourth-order valence-electron chi connectivity index (χ4n) is 2.35. The van der Waals surface area contributed by atoms with Crippen LogP contribution < -0.4 is 4.74 Å². The van der Waals surface area contributed by atoms with Gasteiger partial charge >= 0.3 is 0 Å². The SMILES string of the molecule is CCCCC#Cc1ccccc1C(C#Cc1ccc(OC)cc1)OC. The van der Waals surface area contributed by atoms with Gasteiger partial charge in [-0.3, -0.25) is 0 Å². The van der Waals surface area contributed by atoms with Gasteiger partial charge in [0, 0.05) is 30.2 Å². The van der Waals surface area contributed by atoms with Crippen molar-refractivity contribution >= 4 is 0 Å². The number of rotatable bonds is 5. The molecule has 1 atom stereocenters. The van der Waals surface area contributed by atoms with Crippen molar-refractivity contribution in [3.05, 3.63) is 65.2 Å². The molecule has 0 bridgehead atoms. The van der Waals surface area contributed by atoms with E-state index in [2.05, 4.69) is 30.6 Å². The molecule has 2 aromatic rings. The van der Waals surface area contributed by atoms with Crippen LogP contribution in [0, 0.1) is 23.7 Å². The molecule has 0 radical (unpaired) electrons. The Balaban J connectivity index is 2.22. The summed E-state index contributed by atoms with van der Waals surface area (Å²) < 4.78 is 10.8. The molecule has 1 unspecified atom stereocenters. The van der Waals surface area contributed by atoms with Gasteiger partial charge in [0.25, 0.3) is 0 Å². The van der Waals surface area contributed by atoms with Crippen LogP contribution in [0.25, 0.3) is 0 Å². The molecule has 0 aliphatic carbocycles. The van der Waals surface area contributed by atoms with Gasteiger partial charge in [-0.25, -0.2) is 0 Å². The van der Waals surface area contributed by atoms with Crippen LogP contribution in [0.5, 0.6) is 5.75 Å². The van der Waals surface area contributed by atoms with Crippen molar-refractivity contribution < 1.29 is 9.47 Å². The molecule has 0 fully saturated rings. The van der Waals surface area contributed by atoms with Crippen LogP contribution in [0.4, 0.5) is 0 Å². The summed E-state index contributed by atoms with van der Waals surface area (Å²) in [6.07, 6.45) is 2.89. The van der Waals surface area contributed by atoms with E-state index in [-0.39, 0.29) is 6.10 Å². The second-order valence-corrected chi connectivity index (χ2v) is 5.61. The van der Waals surface area contributed by atoms with Crippen LogP contribution in [0.3, 0.4) is 0 Å². The predicted octanol–water partition coefficient (Wildman–Crippen LogP) is 4.98. The molecule has 0 saturated heterocycles. The third-order valence-electron chi connectivity index (χ3n) is 3.79. The maximum absolute atomic E-state index is 5.61. The van der Waals surface area contributed by atoms with E-state index in [9.17, 15) is 0 Å². The Bertz CT molecular complexity index is 783. The highest BCUT2D eigenvalue weighted by atomic mass is 16.5. The van der Waals surface area contributed by atoms with Crippen LogP contribution in [-0.2, 0) is 4.74 Å². The molecular formula is C23H24O2. The van der Waals surface area contributed by atoms with Crippen LogP contribution in [0.2, 0.25) is 0 Å². The maximum Gasteiger partial charge on any atom is 0.144 e. The number of ether oxygens (including phenoxy) is 2. The second-order valence-electron chi connectivity index (χ2n) is 5.61. The van der Waals surface area contributed by atoms with Gasteiger partial charge in [0.2, 0.25) is 0 Å². The number of hydrogen-bond acceptors (Lipinski definition) is 2. The molecule has 2 rings (SSSR count). The number of methoxy groups -OCH3 is 2. The van der Waals surface area contributed by atoms with Crippen LogP contribution in [0.15, 0.2) is 48.5 Å². The molecule has 128 valence electrons. The minimum atomic E-state index is -0.307. The van der Waals surface area contributed by atoms with Crippen LogP contribution in [-0.4, -0.2) is 14.2 Å². The van der Waals surface area contributed by atoms with Crippen molar-refractivity contribution in [2.45, 2.75) is 32.3 Å². The van der Waals surface area contributed by atoms with E-state index in [0.29, 0.717) is 0 Å². The zero-order valence-electron chi connectivity index (χ0n) is 15.1. The highest BCUT2D eigenvalue weighted by Crippen LogP contribution is 2.20. The lowest BCUT2D eigenvalue weighted by atomic mass is 10.0. The highest BCUT2D eigenvalue weighted by molar-refractivity contribution is 5.46. The van der Waals surface area contributed by atoms with Gasteiger partial charge in [-0.2, -0.15) is 0 Å². The molecule has 0 saturated carbocycles. The second kappa shape index (κ2) is 10.2.